The topological polar surface area (TPSA) is 92.6 Å². The molecule has 8 heteroatoms. The zero-order valence-corrected chi connectivity index (χ0v) is 16.2. The van der Waals surface area contributed by atoms with Gasteiger partial charge in [0.05, 0.1) is 27.2 Å². The van der Waals surface area contributed by atoms with Gasteiger partial charge < -0.3 is 14.7 Å². The van der Waals surface area contributed by atoms with Crippen molar-refractivity contribution in [1.82, 2.24) is 14.9 Å². The number of Topliss-reactive ketones (excluding diaryl/α,β-unsaturated/α-hetero) is 1. The summed E-state index contributed by atoms with van der Waals surface area (Å²) in [6.45, 7) is 4.40. The SMILES string of the molecule is COCCCN1C(=O)C(O)=C(C(=O)c2sc(C)nc2C)C1c1cccnc1. The summed E-state index contributed by atoms with van der Waals surface area (Å²) >= 11 is 1.26. The molecule has 0 saturated carbocycles. The van der Waals surface area contributed by atoms with Crippen LogP contribution in [0.1, 0.15) is 38.4 Å². The molecule has 0 saturated heterocycles. The lowest BCUT2D eigenvalue weighted by Crippen LogP contribution is -2.32. The fourth-order valence-corrected chi connectivity index (χ4v) is 4.12. The Labute approximate surface area is 161 Å². The molecule has 3 heterocycles. The number of hydrogen-bond donors (Lipinski definition) is 1. The highest BCUT2D eigenvalue weighted by Gasteiger charge is 2.44. The predicted molar refractivity (Wildman–Crippen MR) is 101 cm³/mol. The number of thiazole rings is 1. The first kappa shape index (κ1) is 19.2. The Morgan fingerprint density at radius 3 is 2.78 bits per heavy atom. The van der Waals surface area contributed by atoms with Crippen LogP contribution in [0.15, 0.2) is 35.9 Å². The Kier molecular flexibility index (Phi) is 5.67. The van der Waals surface area contributed by atoms with Crippen LogP contribution in [0, 0.1) is 13.8 Å². The van der Waals surface area contributed by atoms with Crippen LogP contribution in [0.25, 0.3) is 0 Å². The minimum absolute atomic E-state index is 0.0807. The molecule has 7 nitrogen and oxygen atoms in total. The van der Waals surface area contributed by atoms with E-state index in [4.69, 9.17) is 4.74 Å². The minimum Gasteiger partial charge on any atom is -0.503 e. The van der Waals surface area contributed by atoms with Crippen LogP contribution in [0.4, 0.5) is 0 Å². The van der Waals surface area contributed by atoms with Crippen LogP contribution < -0.4 is 0 Å². The number of rotatable bonds is 7. The zero-order chi connectivity index (χ0) is 19.6. The molecule has 1 amide bonds. The lowest BCUT2D eigenvalue weighted by Gasteiger charge is -2.26. The fourth-order valence-electron chi connectivity index (χ4n) is 3.24. The number of pyridine rings is 1. The molecule has 0 bridgehead atoms. The molecular formula is C19H21N3O4S. The summed E-state index contributed by atoms with van der Waals surface area (Å²) in [6.07, 6.45) is 3.82. The van der Waals surface area contributed by atoms with Gasteiger partial charge in [-0.25, -0.2) is 4.98 Å². The van der Waals surface area contributed by atoms with Gasteiger partial charge in [-0.2, -0.15) is 0 Å². The summed E-state index contributed by atoms with van der Waals surface area (Å²) in [5.41, 5.74) is 1.35. The van der Waals surface area contributed by atoms with E-state index >= 15 is 0 Å². The van der Waals surface area contributed by atoms with Gasteiger partial charge in [0.25, 0.3) is 5.91 Å². The normalized spacial score (nSPS) is 17.1. The van der Waals surface area contributed by atoms with Gasteiger partial charge in [0.2, 0.25) is 5.78 Å². The average Bonchev–Trinajstić information content (AvgIpc) is 3.12. The zero-order valence-electron chi connectivity index (χ0n) is 15.4. The van der Waals surface area contributed by atoms with E-state index in [0.29, 0.717) is 35.7 Å². The van der Waals surface area contributed by atoms with Gasteiger partial charge in [0.1, 0.15) is 0 Å². The first-order valence-electron chi connectivity index (χ1n) is 8.57. The number of nitrogens with zero attached hydrogens (tertiary/aromatic N) is 3. The van der Waals surface area contributed by atoms with Gasteiger partial charge in [-0.1, -0.05) is 6.07 Å². The maximum atomic E-state index is 13.2. The molecule has 1 atom stereocenters. The largest absolute Gasteiger partial charge is 0.503 e. The smallest absolute Gasteiger partial charge is 0.290 e. The molecular weight excluding hydrogens is 366 g/mol. The number of aryl methyl sites for hydroxylation is 2. The molecule has 27 heavy (non-hydrogen) atoms. The number of carbonyl (C=O) groups excluding carboxylic acids is 2. The van der Waals surface area contributed by atoms with Crippen molar-refractivity contribution in [2.24, 2.45) is 0 Å². The minimum atomic E-state index is -0.683. The van der Waals surface area contributed by atoms with E-state index in [2.05, 4.69) is 9.97 Å². The molecule has 2 aromatic rings. The molecule has 0 aliphatic carbocycles. The van der Waals surface area contributed by atoms with Crippen molar-refractivity contribution < 1.29 is 19.4 Å². The monoisotopic (exact) mass is 387 g/mol. The van der Waals surface area contributed by atoms with Crippen molar-refractivity contribution in [3.8, 4) is 0 Å². The predicted octanol–water partition coefficient (Wildman–Crippen LogP) is 2.77. The third kappa shape index (κ3) is 3.63. The molecule has 1 aliphatic rings. The number of aliphatic hydroxyl groups is 1. The summed E-state index contributed by atoms with van der Waals surface area (Å²) in [4.78, 5) is 36.3. The van der Waals surface area contributed by atoms with Crippen LogP contribution in [0.2, 0.25) is 0 Å². The van der Waals surface area contributed by atoms with Crippen molar-refractivity contribution in [3.05, 3.63) is 57.0 Å². The fraction of sp³-hybridized carbons (Fsp3) is 0.368. The number of carbonyl (C=O) groups is 2. The third-order valence-corrected chi connectivity index (χ3v) is 5.48. The van der Waals surface area contributed by atoms with Crippen molar-refractivity contribution in [2.75, 3.05) is 20.3 Å². The Bertz CT molecular complexity index is 892. The molecule has 1 aliphatic heterocycles. The Hall–Kier alpha value is -2.58. The molecule has 0 fully saturated rings. The summed E-state index contributed by atoms with van der Waals surface area (Å²) in [6, 6.07) is 2.86. The second-order valence-electron chi connectivity index (χ2n) is 6.27. The van der Waals surface area contributed by atoms with Gasteiger partial charge in [0, 0.05) is 32.7 Å². The summed E-state index contributed by atoms with van der Waals surface area (Å²) in [7, 11) is 1.59. The maximum absolute atomic E-state index is 13.2. The van der Waals surface area contributed by atoms with Crippen LogP contribution in [-0.4, -0.2) is 51.9 Å². The summed E-state index contributed by atoms with van der Waals surface area (Å²) < 4.78 is 5.07. The number of amides is 1. The van der Waals surface area contributed by atoms with Crippen LogP contribution in [-0.2, 0) is 9.53 Å². The number of aliphatic hydroxyl groups excluding tert-OH is 1. The third-order valence-electron chi connectivity index (χ3n) is 4.41. The Balaban J connectivity index is 2.04. The van der Waals surface area contributed by atoms with E-state index in [1.165, 1.54) is 16.2 Å². The van der Waals surface area contributed by atoms with E-state index in [-0.39, 0.29) is 11.4 Å². The standard InChI is InChI=1S/C19H21N3O4S/c1-11-18(27-12(2)21-11)16(23)14-15(13-6-4-7-20-10-13)22(8-5-9-26-3)19(25)17(14)24/h4,6-7,10,15,24H,5,8-9H2,1-3H3. The van der Waals surface area contributed by atoms with Crippen molar-refractivity contribution >= 4 is 23.0 Å². The molecule has 1 N–H and O–H groups in total. The lowest BCUT2D eigenvalue weighted by atomic mass is 9.96. The van der Waals surface area contributed by atoms with Gasteiger partial charge in [-0.05, 0) is 31.9 Å². The van der Waals surface area contributed by atoms with E-state index in [1.54, 1.807) is 38.6 Å². The number of ether oxygens (including phenoxy) is 1. The van der Waals surface area contributed by atoms with Crippen molar-refractivity contribution in [2.45, 2.75) is 26.3 Å². The van der Waals surface area contributed by atoms with Crippen LogP contribution >= 0.6 is 11.3 Å². The van der Waals surface area contributed by atoms with E-state index in [9.17, 15) is 14.7 Å². The van der Waals surface area contributed by atoms with Gasteiger partial charge in [-0.15, -0.1) is 11.3 Å². The highest BCUT2D eigenvalue weighted by molar-refractivity contribution is 7.14. The summed E-state index contributed by atoms with van der Waals surface area (Å²) in [5, 5.41) is 11.3. The van der Waals surface area contributed by atoms with Crippen molar-refractivity contribution in [3.63, 3.8) is 0 Å². The number of ketones is 1. The molecule has 3 rings (SSSR count). The lowest BCUT2D eigenvalue weighted by molar-refractivity contribution is -0.129. The average molecular weight is 387 g/mol. The molecule has 0 radical (unpaired) electrons. The van der Waals surface area contributed by atoms with E-state index in [0.717, 1.165) is 5.01 Å². The molecule has 1 unspecified atom stereocenters. The Morgan fingerprint density at radius 1 is 1.41 bits per heavy atom. The van der Waals surface area contributed by atoms with Crippen LogP contribution in [0.5, 0.6) is 0 Å². The quantitative estimate of drug-likeness (QED) is 0.580. The number of aromatic nitrogens is 2. The highest BCUT2D eigenvalue weighted by atomic mass is 32.1. The molecule has 0 aromatic carbocycles. The summed E-state index contributed by atoms with van der Waals surface area (Å²) in [5.74, 6) is -1.43. The van der Waals surface area contributed by atoms with Crippen LogP contribution in [0.3, 0.4) is 0 Å². The second-order valence-corrected chi connectivity index (χ2v) is 7.48. The number of methoxy groups -OCH3 is 1. The van der Waals surface area contributed by atoms with Crippen molar-refractivity contribution in [1.29, 1.82) is 0 Å². The van der Waals surface area contributed by atoms with E-state index in [1.807, 2.05) is 6.92 Å². The molecule has 0 spiro atoms. The van der Waals surface area contributed by atoms with E-state index < -0.39 is 17.7 Å². The number of hydrogen-bond acceptors (Lipinski definition) is 7. The molecule has 142 valence electrons. The van der Waals surface area contributed by atoms with Gasteiger partial charge in [0.15, 0.2) is 5.76 Å². The maximum Gasteiger partial charge on any atom is 0.290 e. The first-order chi connectivity index (χ1) is 13.0. The Morgan fingerprint density at radius 2 is 2.19 bits per heavy atom. The highest BCUT2D eigenvalue weighted by Crippen LogP contribution is 2.39. The first-order valence-corrected chi connectivity index (χ1v) is 9.39. The molecule has 2 aromatic heterocycles. The van der Waals surface area contributed by atoms with Gasteiger partial charge in [-0.3, -0.25) is 14.6 Å². The van der Waals surface area contributed by atoms with Gasteiger partial charge >= 0.3 is 0 Å². The second kappa shape index (κ2) is 7.98.